The summed E-state index contributed by atoms with van der Waals surface area (Å²) in [5, 5.41) is 12.1. The molecule has 3 aromatic rings. The van der Waals surface area contributed by atoms with Crippen molar-refractivity contribution in [3.63, 3.8) is 0 Å². The molecule has 0 aliphatic carbocycles. The van der Waals surface area contributed by atoms with Crippen LogP contribution in [0.25, 0.3) is 0 Å². The molecule has 0 saturated carbocycles. The van der Waals surface area contributed by atoms with Crippen molar-refractivity contribution in [1.82, 2.24) is 29.7 Å². The van der Waals surface area contributed by atoms with E-state index in [2.05, 4.69) is 62.1 Å². The maximum absolute atomic E-state index is 13.1. The van der Waals surface area contributed by atoms with Crippen molar-refractivity contribution in [1.29, 1.82) is 5.26 Å². The average Bonchev–Trinajstić information content (AvgIpc) is 3.06. The van der Waals surface area contributed by atoms with Gasteiger partial charge in [0.1, 0.15) is 5.69 Å². The Hall–Kier alpha value is -3.75. The van der Waals surface area contributed by atoms with Crippen molar-refractivity contribution in [3.05, 3.63) is 94.8 Å². The number of carbonyl (C=O) groups is 2. The lowest BCUT2D eigenvalue weighted by Crippen LogP contribution is -2.48. The maximum Gasteiger partial charge on any atom is 0.272 e. The minimum atomic E-state index is -0.154. The van der Waals surface area contributed by atoms with E-state index in [0.717, 1.165) is 58.7 Å². The Bertz CT molecular complexity index is 1390. The Morgan fingerprint density at radius 3 is 2.09 bits per heavy atom. The number of nitrogens with zero attached hydrogens (tertiary/aromatic N) is 5. The molecule has 1 aromatic heterocycles. The average molecular weight is 598 g/mol. The number of hydrogen-bond acceptors (Lipinski definition) is 8. The van der Waals surface area contributed by atoms with E-state index in [9.17, 15) is 9.59 Å². The SMILES string of the molecule is CCNSc1ccc(CN2CCN(C(=O)c3ccc(C(=O)NC4CCN(Cc5ccc(C#N)cc5)CC4)cn3)CC2)cc1. The molecule has 0 spiro atoms. The van der Waals surface area contributed by atoms with Gasteiger partial charge in [-0.1, -0.05) is 31.2 Å². The number of aromatic nitrogens is 1. The molecule has 2 aromatic carbocycles. The summed E-state index contributed by atoms with van der Waals surface area (Å²) in [5.74, 6) is -0.245. The Labute approximate surface area is 258 Å². The second-order valence-corrected chi connectivity index (χ2v) is 12.0. The summed E-state index contributed by atoms with van der Waals surface area (Å²) >= 11 is 1.64. The van der Waals surface area contributed by atoms with Crippen LogP contribution in [0.3, 0.4) is 0 Å². The van der Waals surface area contributed by atoms with Crippen LogP contribution in [-0.2, 0) is 13.1 Å². The Morgan fingerprint density at radius 1 is 0.884 bits per heavy atom. The van der Waals surface area contributed by atoms with Crippen LogP contribution in [0, 0.1) is 11.3 Å². The summed E-state index contributed by atoms with van der Waals surface area (Å²) in [7, 11) is 0. The number of benzene rings is 2. The van der Waals surface area contributed by atoms with Crippen molar-refractivity contribution in [3.8, 4) is 6.07 Å². The van der Waals surface area contributed by atoms with E-state index in [1.54, 1.807) is 24.1 Å². The smallest absolute Gasteiger partial charge is 0.272 e. The van der Waals surface area contributed by atoms with Gasteiger partial charge in [-0.2, -0.15) is 5.26 Å². The van der Waals surface area contributed by atoms with Gasteiger partial charge in [0.05, 0.1) is 17.2 Å². The lowest BCUT2D eigenvalue weighted by molar-refractivity contribution is 0.0622. The maximum atomic E-state index is 13.1. The molecule has 0 radical (unpaired) electrons. The minimum absolute atomic E-state index is 0.0916. The molecule has 3 heterocycles. The third-order valence-corrected chi connectivity index (χ3v) is 8.92. The van der Waals surface area contributed by atoms with Crippen LogP contribution in [-0.4, -0.2) is 83.4 Å². The van der Waals surface area contributed by atoms with Crippen LogP contribution < -0.4 is 10.0 Å². The second-order valence-electron chi connectivity index (χ2n) is 11.1. The van der Waals surface area contributed by atoms with Gasteiger partial charge in [-0.25, -0.2) is 0 Å². The van der Waals surface area contributed by atoms with Crippen molar-refractivity contribution in [2.24, 2.45) is 0 Å². The van der Waals surface area contributed by atoms with Crippen molar-refractivity contribution < 1.29 is 9.59 Å². The summed E-state index contributed by atoms with van der Waals surface area (Å²) in [5.41, 5.74) is 3.96. The van der Waals surface area contributed by atoms with E-state index < -0.39 is 0 Å². The van der Waals surface area contributed by atoms with E-state index in [1.807, 2.05) is 29.2 Å². The molecular weight excluding hydrogens is 558 g/mol. The number of pyridine rings is 1. The molecular formula is C33H39N7O2S. The predicted molar refractivity (Wildman–Crippen MR) is 168 cm³/mol. The number of amides is 2. The predicted octanol–water partition coefficient (Wildman–Crippen LogP) is 3.92. The first kappa shape index (κ1) is 30.7. The fraction of sp³-hybridized carbons (Fsp3) is 0.394. The summed E-state index contributed by atoms with van der Waals surface area (Å²) in [6, 6.07) is 21.9. The van der Waals surface area contributed by atoms with Gasteiger partial charge in [0.15, 0.2) is 0 Å². The molecule has 224 valence electrons. The minimum Gasteiger partial charge on any atom is -0.349 e. The normalized spacial score (nSPS) is 16.5. The van der Waals surface area contributed by atoms with Crippen LogP contribution in [0.15, 0.2) is 71.8 Å². The monoisotopic (exact) mass is 597 g/mol. The lowest BCUT2D eigenvalue weighted by atomic mass is 10.0. The first-order chi connectivity index (χ1) is 21.0. The summed E-state index contributed by atoms with van der Waals surface area (Å²) in [4.78, 5) is 38.1. The quantitative estimate of drug-likeness (QED) is 0.339. The number of rotatable bonds is 10. The molecule has 43 heavy (non-hydrogen) atoms. The fourth-order valence-electron chi connectivity index (χ4n) is 5.45. The molecule has 5 rings (SSSR count). The van der Waals surface area contributed by atoms with Gasteiger partial charge in [-0.15, -0.1) is 0 Å². The molecule has 2 N–H and O–H groups in total. The first-order valence-corrected chi connectivity index (χ1v) is 15.8. The van der Waals surface area contributed by atoms with Crippen LogP contribution in [0.2, 0.25) is 0 Å². The Balaban J connectivity index is 1.03. The molecule has 2 aliphatic heterocycles. The highest BCUT2D eigenvalue weighted by Crippen LogP contribution is 2.18. The van der Waals surface area contributed by atoms with Crippen LogP contribution in [0.5, 0.6) is 0 Å². The molecule has 9 nitrogen and oxygen atoms in total. The van der Waals surface area contributed by atoms with E-state index in [4.69, 9.17) is 5.26 Å². The molecule has 0 atom stereocenters. The van der Waals surface area contributed by atoms with E-state index in [1.165, 1.54) is 22.2 Å². The number of hydrogen-bond donors (Lipinski definition) is 2. The number of nitrogens with one attached hydrogen (secondary N) is 2. The van der Waals surface area contributed by atoms with E-state index in [-0.39, 0.29) is 17.9 Å². The van der Waals surface area contributed by atoms with Crippen molar-refractivity contribution in [2.45, 2.75) is 43.8 Å². The van der Waals surface area contributed by atoms with Crippen LogP contribution in [0.4, 0.5) is 0 Å². The van der Waals surface area contributed by atoms with Crippen LogP contribution in [0.1, 0.15) is 57.3 Å². The molecule has 10 heteroatoms. The number of piperidine rings is 1. The number of nitriles is 1. The van der Waals surface area contributed by atoms with Gasteiger partial charge in [-0.3, -0.25) is 29.1 Å². The van der Waals surface area contributed by atoms with Gasteiger partial charge < -0.3 is 10.2 Å². The summed E-state index contributed by atoms with van der Waals surface area (Å²) in [6.45, 7) is 9.44. The van der Waals surface area contributed by atoms with Gasteiger partial charge >= 0.3 is 0 Å². The van der Waals surface area contributed by atoms with Gasteiger partial charge in [-0.05, 0) is 72.3 Å². The highest BCUT2D eigenvalue weighted by Gasteiger charge is 2.24. The standard InChI is InChI=1S/C33H39N7O2S/c1-2-36-43-30-10-7-27(8-11-30)24-39-17-19-40(20-18-39)33(42)31-12-9-28(22-35-31)32(41)37-29-13-15-38(16-14-29)23-26-5-3-25(21-34)4-6-26/h3-12,22,29,36H,2,13-20,23-24H2,1H3,(H,37,41). The Morgan fingerprint density at radius 2 is 1.51 bits per heavy atom. The van der Waals surface area contributed by atoms with Crippen molar-refractivity contribution >= 4 is 23.8 Å². The summed E-state index contributed by atoms with van der Waals surface area (Å²) in [6.07, 6.45) is 3.26. The van der Waals surface area contributed by atoms with E-state index in [0.29, 0.717) is 29.9 Å². The number of carbonyl (C=O) groups excluding carboxylic acids is 2. The van der Waals surface area contributed by atoms with Gasteiger partial charge in [0.25, 0.3) is 11.8 Å². The zero-order valence-corrected chi connectivity index (χ0v) is 25.5. The zero-order valence-electron chi connectivity index (χ0n) is 24.7. The molecule has 0 unspecified atom stereocenters. The molecule has 2 saturated heterocycles. The molecule has 2 amide bonds. The van der Waals surface area contributed by atoms with Gasteiger partial charge in [0.2, 0.25) is 0 Å². The van der Waals surface area contributed by atoms with Gasteiger partial charge in [0, 0.05) is 76.0 Å². The number of likely N-dealkylation sites (tertiary alicyclic amines) is 1. The second kappa shape index (κ2) is 15.1. The van der Waals surface area contributed by atoms with Crippen LogP contribution >= 0.6 is 11.9 Å². The molecule has 0 bridgehead atoms. The number of piperazine rings is 1. The highest BCUT2D eigenvalue weighted by atomic mass is 32.2. The largest absolute Gasteiger partial charge is 0.349 e. The zero-order chi connectivity index (χ0) is 30.0. The third-order valence-electron chi connectivity index (χ3n) is 7.98. The fourth-order valence-corrected chi connectivity index (χ4v) is 6.03. The third kappa shape index (κ3) is 8.65. The lowest BCUT2D eigenvalue weighted by Gasteiger charge is -2.34. The van der Waals surface area contributed by atoms with E-state index >= 15 is 0 Å². The van der Waals surface area contributed by atoms with Crippen molar-refractivity contribution in [2.75, 3.05) is 45.8 Å². The first-order valence-electron chi connectivity index (χ1n) is 15.0. The topological polar surface area (TPSA) is 105 Å². The highest BCUT2D eigenvalue weighted by molar-refractivity contribution is 7.97. The summed E-state index contributed by atoms with van der Waals surface area (Å²) < 4.78 is 3.27. The molecule has 2 aliphatic rings. The molecule has 2 fully saturated rings. The Kier molecular flexibility index (Phi) is 10.8.